The molecule has 1 aromatic carbocycles. The summed E-state index contributed by atoms with van der Waals surface area (Å²) in [4.78, 5) is 9.99. The second-order valence-electron chi connectivity index (χ2n) is 3.64. The zero-order chi connectivity index (χ0) is 15.3. The van der Waals surface area contributed by atoms with Gasteiger partial charge in [-0.25, -0.2) is 17.2 Å². The molecule has 108 valence electrons. The van der Waals surface area contributed by atoms with Crippen LogP contribution in [0.3, 0.4) is 0 Å². The Labute approximate surface area is 114 Å². The van der Waals surface area contributed by atoms with E-state index in [1.54, 1.807) is 10.8 Å². The Bertz CT molecular complexity index is 635. The first kappa shape index (κ1) is 16.0. The predicted octanol–water partition coefficient (Wildman–Crippen LogP) is 0.698. The average molecular weight is 304 g/mol. The van der Waals surface area contributed by atoms with Crippen LogP contribution in [0, 0.1) is 23.0 Å². The number of nitriles is 1. The number of hydrogen-bond donors (Lipinski definition) is 1. The Kier molecular flexibility index (Phi) is 5.12. The number of carbonyl (C=O) groups excluding carboxylic acids is 1. The first-order valence-electron chi connectivity index (χ1n) is 5.30. The summed E-state index contributed by atoms with van der Waals surface area (Å²) >= 11 is 0. The number of rotatable bonds is 5. The summed E-state index contributed by atoms with van der Waals surface area (Å²) < 4.78 is 56.1. The van der Waals surface area contributed by atoms with Crippen molar-refractivity contribution in [1.29, 1.82) is 5.26 Å². The minimum absolute atomic E-state index is 0.772. The molecule has 1 atom stereocenters. The lowest BCUT2D eigenvalue weighted by atomic mass is 10.3. The SMILES string of the molecule is C[C@@H](C#N)OC(=O)CNS(=O)(=O)c1c(F)cccc1F. The number of carbonyl (C=O) groups is 1. The number of nitrogens with zero attached hydrogens (tertiary/aromatic N) is 1. The molecular weight excluding hydrogens is 294 g/mol. The van der Waals surface area contributed by atoms with Gasteiger partial charge in [0.15, 0.2) is 11.0 Å². The Morgan fingerprint density at radius 3 is 2.50 bits per heavy atom. The van der Waals surface area contributed by atoms with E-state index in [4.69, 9.17) is 5.26 Å². The molecule has 1 aromatic rings. The normalized spacial score (nSPS) is 12.5. The Balaban J connectivity index is 2.82. The molecule has 0 aliphatic heterocycles. The number of benzene rings is 1. The highest BCUT2D eigenvalue weighted by atomic mass is 32.2. The summed E-state index contributed by atoms with van der Waals surface area (Å²) in [6.07, 6.45) is -1.06. The van der Waals surface area contributed by atoms with Crippen LogP contribution in [0.4, 0.5) is 8.78 Å². The topological polar surface area (TPSA) is 96.3 Å². The van der Waals surface area contributed by atoms with Gasteiger partial charge in [0, 0.05) is 0 Å². The van der Waals surface area contributed by atoms with Crippen LogP contribution >= 0.6 is 0 Å². The molecule has 0 fully saturated rings. The highest BCUT2D eigenvalue weighted by molar-refractivity contribution is 7.89. The van der Waals surface area contributed by atoms with Crippen LogP contribution in [0.1, 0.15) is 6.92 Å². The average Bonchev–Trinajstić information content (AvgIpc) is 2.36. The van der Waals surface area contributed by atoms with E-state index < -0.39 is 45.2 Å². The third-order valence-corrected chi connectivity index (χ3v) is 3.54. The van der Waals surface area contributed by atoms with Crippen LogP contribution < -0.4 is 4.72 Å². The van der Waals surface area contributed by atoms with Crippen molar-refractivity contribution in [2.75, 3.05) is 6.54 Å². The lowest BCUT2D eigenvalue weighted by molar-refractivity contribution is -0.144. The van der Waals surface area contributed by atoms with Gasteiger partial charge in [-0.05, 0) is 19.1 Å². The molecule has 0 aliphatic rings. The lowest BCUT2D eigenvalue weighted by Crippen LogP contribution is -2.33. The molecule has 0 radical (unpaired) electrons. The molecular formula is C11H10F2N2O4S. The second-order valence-corrected chi connectivity index (χ2v) is 5.34. The molecule has 0 aromatic heterocycles. The molecule has 20 heavy (non-hydrogen) atoms. The third kappa shape index (κ3) is 3.97. The van der Waals surface area contributed by atoms with Crippen molar-refractivity contribution in [3.8, 4) is 6.07 Å². The van der Waals surface area contributed by atoms with Gasteiger partial charge in [-0.15, -0.1) is 0 Å². The maximum atomic E-state index is 13.3. The molecule has 0 heterocycles. The van der Waals surface area contributed by atoms with Crippen molar-refractivity contribution in [3.63, 3.8) is 0 Å². The minimum atomic E-state index is -4.54. The number of hydrogen-bond acceptors (Lipinski definition) is 5. The van der Waals surface area contributed by atoms with Gasteiger partial charge >= 0.3 is 5.97 Å². The lowest BCUT2D eigenvalue weighted by Gasteiger charge is -2.09. The molecule has 0 saturated heterocycles. The van der Waals surface area contributed by atoms with E-state index in [9.17, 15) is 22.0 Å². The molecule has 1 rings (SSSR count). The van der Waals surface area contributed by atoms with E-state index in [0.717, 1.165) is 18.2 Å². The van der Waals surface area contributed by atoms with Gasteiger partial charge in [-0.3, -0.25) is 4.79 Å². The van der Waals surface area contributed by atoms with Crippen molar-refractivity contribution >= 4 is 16.0 Å². The fraction of sp³-hybridized carbons (Fsp3) is 0.273. The number of halogens is 2. The third-order valence-electron chi connectivity index (χ3n) is 2.08. The van der Waals surface area contributed by atoms with Crippen LogP contribution in [0.2, 0.25) is 0 Å². The van der Waals surface area contributed by atoms with Gasteiger partial charge < -0.3 is 4.74 Å². The molecule has 0 saturated carbocycles. The number of nitrogens with one attached hydrogen (secondary N) is 1. The van der Waals surface area contributed by atoms with Crippen molar-refractivity contribution in [3.05, 3.63) is 29.8 Å². The molecule has 9 heteroatoms. The van der Waals surface area contributed by atoms with Gasteiger partial charge in [0.25, 0.3) is 0 Å². The minimum Gasteiger partial charge on any atom is -0.446 e. The van der Waals surface area contributed by atoms with Crippen LogP contribution in [-0.2, 0) is 19.6 Å². The van der Waals surface area contributed by atoms with Gasteiger partial charge in [0.05, 0.1) is 0 Å². The summed E-state index contributed by atoms with van der Waals surface area (Å²) in [6.45, 7) is 0.436. The van der Waals surface area contributed by atoms with Crippen molar-refractivity contribution in [1.82, 2.24) is 4.72 Å². The van der Waals surface area contributed by atoms with Gasteiger partial charge in [-0.2, -0.15) is 9.98 Å². The van der Waals surface area contributed by atoms with E-state index in [2.05, 4.69) is 4.74 Å². The number of ether oxygens (including phenoxy) is 1. The van der Waals surface area contributed by atoms with Crippen LogP contribution in [0.15, 0.2) is 23.1 Å². The van der Waals surface area contributed by atoms with E-state index >= 15 is 0 Å². The maximum absolute atomic E-state index is 13.3. The summed E-state index contributed by atoms with van der Waals surface area (Å²) in [5, 5.41) is 8.40. The van der Waals surface area contributed by atoms with Gasteiger partial charge in [0.1, 0.15) is 24.2 Å². The van der Waals surface area contributed by atoms with Crippen molar-refractivity contribution < 1.29 is 26.7 Å². The maximum Gasteiger partial charge on any atom is 0.322 e. The van der Waals surface area contributed by atoms with Crippen molar-refractivity contribution in [2.45, 2.75) is 17.9 Å². The molecule has 1 N–H and O–H groups in total. The monoisotopic (exact) mass is 304 g/mol. The molecule has 0 unspecified atom stereocenters. The van der Waals surface area contributed by atoms with Crippen LogP contribution in [0.5, 0.6) is 0 Å². The standard InChI is InChI=1S/C11H10F2N2O4S/c1-7(5-14)19-10(16)6-15-20(17,18)11-8(12)3-2-4-9(11)13/h2-4,7,15H,6H2,1H3/t7-/m0/s1. The molecule has 0 spiro atoms. The summed E-state index contributed by atoms with van der Waals surface area (Å²) in [5.74, 6) is -3.60. The smallest absolute Gasteiger partial charge is 0.322 e. The summed E-state index contributed by atoms with van der Waals surface area (Å²) in [6, 6.07) is 4.15. The molecule has 0 aliphatic carbocycles. The zero-order valence-corrected chi connectivity index (χ0v) is 11.1. The Morgan fingerprint density at radius 1 is 1.45 bits per heavy atom. The van der Waals surface area contributed by atoms with E-state index in [1.165, 1.54) is 6.92 Å². The van der Waals surface area contributed by atoms with E-state index in [1.807, 2.05) is 0 Å². The second kappa shape index (κ2) is 6.40. The number of esters is 1. The van der Waals surface area contributed by atoms with E-state index in [0.29, 0.717) is 0 Å². The van der Waals surface area contributed by atoms with Crippen molar-refractivity contribution in [2.24, 2.45) is 0 Å². The Morgan fingerprint density at radius 2 is 2.00 bits per heavy atom. The highest BCUT2D eigenvalue weighted by Crippen LogP contribution is 2.17. The molecule has 0 amide bonds. The van der Waals surface area contributed by atoms with E-state index in [-0.39, 0.29) is 0 Å². The molecule has 0 bridgehead atoms. The van der Waals surface area contributed by atoms with Crippen LogP contribution in [-0.4, -0.2) is 27.0 Å². The first-order valence-corrected chi connectivity index (χ1v) is 6.79. The predicted molar refractivity (Wildman–Crippen MR) is 62.7 cm³/mol. The Hall–Kier alpha value is -2.05. The van der Waals surface area contributed by atoms with Crippen LogP contribution in [0.25, 0.3) is 0 Å². The van der Waals surface area contributed by atoms with Gasteiger partial charge in [-0.1, -0.05) is 6.07 Å². The molecule has 6 nitrogen and oxygen atoms in total. The summed E-state index contributed by atoms with van der Waals surface area (Å²) in [7, 11) is -4.54. The first-order chi connectivity index (χ1) is 9.27. The largest absolute Gasteiger partial charge is 0.446 e. The summed E-state index contributed by atoms with van der Waals surface area (Å²) in [5.41, 5.74) is 0. The zero-order valence-electron chi connectivity index (χ0n) is 10.3. The number of sulfonamides is 1. The van der Waals surface area contributed by atoms with Gasteiger partial charge in [0.2, 0.25) is 10.0 Å². The fourth-order valence-corrected chi connectivity index (χ4v) is 2.33. The fourth-order valence-electron chi connectivity index (χ4n) is 1.23. The highest BCUT2D eigenvalue weighted by Gasteiger charge is 2.24. The quantitative estimate of drug-likeness (QED) is 0.808.